The quantitative estimate of drug-likeness (QED) is 0.783. The van der Waals surface area contributed by atoms with Gasteiger partial charge in [0.25, 0.3) is 0 Å². The van der Waals surface area contributed by atoms with E-state index in [9.17, 15) is 0 Å². The minimum atomic E-state index is 0.206. The maximum atomic E-state index is 5.64. The lowest BCUT2D eigenvalue weighted by molar-refractivity contribution is 0.545. The van der Waals surface area contributed by atoms with Gasteiger partial charge in [0.05, 0.1) is 5.69 Å². The number of aryl methyl sites for hydroxylation is 1. The lowest BCUT2D eigenvalue weighted by Gasteiger charge is -1.98. The SMILES string of the molecule is Cc1ccc(-c2cc(N)c(Cl)nn2)o1. The van der Waals surface area contributed by atoms with Crippen molar-refractivity contribution >= 4 is 17.3 Å². The molecule has 14 heavy (non-hydrogen) atoms. The summed E-state index contributed by atoms with van der Waals surface area (Å²) in [5, 5.41) is 7.77. The van der Waals surface area contributed by atoms with E-state index in [1.807, 2.05) is 19.1 Å². The molecule has 5 heteroatoms. The van der Waals surface area contributed by atoms with E-state index in [1.54, 1.807) is 6.07 Å². The van der Waals surface area contributed by atoms with Gasteiger partial charge in [-0.05, 0) is 25.1 Å². The minimum Gasteiger partial charge on any atom is -0.460 e. The molecule has 0 aliphatic heterocycles. The molecule has 0 aliphatic carbocycles. The molecule has 0 bridgehead atoms. The topological polar surface area (TPSA) is 64.9 Å². The largest absolute Gasteiger partial charge is 0.460 e. The first-order valence-electron chi connectivity index (χ1n) is 4.02. The van der Waals surface area contributed by atoms with E-state index < -0.39 is 0 Å². The van der Waals surface area contributed by atoms with Crippen LogP contribution in [0, 0.1) is 6.92 Å². The Hall–Kier alpha value is -1.55. The van der Waals surface area contributed by atoms with Gasteiger partial charge in [0, 0.05) is 0 Å². The van der Waals surface area contributed by atoms with Crippen molar-refractivity contribution in [1.82, 2.24) is 10.2 Å². The van der Waals surface area contributed by atoms with Crippen molar-refractivity contribution in [2.75, 3.05) is 5.73 Å². The van der Waals surface area contributed by atoms with Crippen LogP contribution in [-0.2, 0) is 0 Å². The Kier molecular flexibility index (Phi) is 2.13. The summed E-state index contributed by atoms with van der Waals surface area (Å²) in [6, 6.07) is 5.29. The number of hydrogen-bond donors (Lipinski definition) is 1. The molecule has 0 radical (unpaired) electrons. The summed E-state index contributed by atoms with van der Waals surface area (Å²) in [7, 11) is 0. The fourth-order valence-corrected chi connectivity index (χ4v) is 1.18. The molecule has 0 atom stereocenters. The second kappa shape index (κ2) is 3.31. The number of hydrogen-bond acceptors (Lipinski definition) is 4. The van der Waals surface area contributed by atoms with Crippen LogP contribution in [0.3, 0.4) is 0 Å². The van der Waals surface area contributed by atoms with Crippen LogP contribution >= 0.6 is 11.6 Å². The zero-order valence-electron chi connectivity index (χ0n) is 7.49. The monoisotopic (exact) mass is 209 g/mol. The number of furan rings is 1. The van der Waals surface area contributed by atoms with Gasteiger partial charge in [-0.25, -0.2) is 0 Å². The van der Waals surface area contributed by atoms with Gasteiger partial charge in [-0.2, -0.15) is 0 Å². The van der Waals surface area contributed by atoms with Crippen molar-refractivity contribution in [1.29, 1.82) is 0 Å². The Balaban J connectivity index is 2.47. The highest BCUT2D eigenvalue weighted by atomic mass is 35.5. The Morgan fingerprint density at radius 2 is 2.14 bits per heavy atom. The van der Waals surface area contributed by atoms with E-state index in [2.05, 4.69) is 10.2 Å². The fraction of sp³-hybridized carbons (Fsp3) is 0.111. The predicted molar refractivity (Wildman–Crippen MR) is 53.9 cm³/mol. The number of anilines is 1. The molecule has 2 heterocycles. The highest BCUT2D eigenvalue weighted by molar-refractivity contribution is 6.31. The first kappa shape index (κ1) is 9.02. The van der Waals surface area contributed by atoms with Gasteiger partial charge in [0.15, 0.2) is 10.9 Å². The van der Waals surface area contributed by atoms with Crippen LogP contribution in [0.15, 0.2) is 22.6 Å². The van der Waals surface area contributed by atoms with Crippen LogP contribution in [0.4, 0.5) is 5.69 Å². The van der Waals surface area contributed by atoms with Gasteiger partial charge >= 0.3 is 0 Å². The Labute approximate surface area is 85.7 Å². The van der Waals surface area contributed by atoms with Crippen molar-refractivity contribution in [3.05, 3.63) is 29.1 Å². The normalized spacial score (nSPS) is 10.4. The first-order chi connectivity index (χ1) is 6.66. The van der Waals surface area contributed by atoms with Crippen molar-refractivity contribution in [2.45, 2.75) is 6.92 Å². The molecule has 0 fully saturated rings. The molecule has 4 nitrogen and oxygen atoms in total. The first-order valence-corrected chi connectivity index (χ1v) is 4.40. The number of halogens is 1. The minimum absolute atomic E-state index is 0.206. The van der Waals surface area contributed by atoms with Crippen molar-refractivity contribution < 1.29 is 4.42 Å². The van der Waals surface area contributed by atoms with E-state index in [0.717, 1.165) is 5.76 Å². The number of aromatic nitrogens is 2. The van der Waals surface area contributed by atoms with Gasteiger partial charge < -0.3 is 10.2 Å². The Morgan fingerprint density at radius 1 is 1.36 bits per heavy atom. The molecular weight excluding hydrogens is 202 g/mol. The van der Waals surface area contributed by atoms with Gasteiger partial charge in [0.1, 0.15) is 11.5 Å². The zero-order chi connectivity index (χ0) is 10.1. The molecule has 0 amide bonds. The van der Waals surface area contributed by atoms with E-state index in [-0.39, 0.29) is 5.15 Å². The summed E-state index contributed by atoms with van der Waals surface area (Å²) in [6.45, 7) is 1.86. The smallest absolute Gasteiger partial charge is 0.174 e. The molecule has 0 saturated carbocycles. The molecule has 0 saturated heterocycles. The summed E-state index contributed by atoms with van der Waals surface area (Å²) >= 11 is 5.64. The summed E-state index contributed by atoms with van der Waals surface area (Å²) in [5.74, 6) is 1.45. The van der Waals surface area contributed by atoms with E-state index in [1.165, 1.54) is 0 Å². The molecule has 2 aromatic heterocycles. The molecule has 2 aromatic rings. The lowest BCUT2D eigenvalue weighted by atomic mass is 10.3. The Bertz CT molecular complexity index is 467. The van der Waals surface area contributed by atoms with Gasteiger partial charge in [-0.1, -0.05) is 11.6 Å². The zero-order valence-corrected chi connectivity index (χ0v) is 8.25. The van der Waals surface area contributed by atoms with E-state index in [0.29, 0.717) is 17.1 Å². The molecule has 0 unspecified atom stereocenters. The van der Waals surface area contributed by atoms with Gasteiger partial charge in [-0.15, -0.1) is 10.2 Å². The van der Waals surface area contributed by atoms with Crippen molar-refractivity contribution in [3.63, 3.8) is 0 Å². The van der Waals surface area contributed by atoms with Gasteiger partial charge in [0.2, 0.25) is 0 Å². The molecule has 0 aliphatic rings. The average molecular weight is 210 g/mol. The third kappa shape index (κ3) is 1.56. The molecule has 2 rings (SSSR count). The lowest BCUT2D eigenvalue weighted by Crippen LogP contribution is -1.93. The van der Waals surface area contributed by atoms with E-state index >= 15 is 0 Å². The number of nitrogens with zero attached hydrogens (tertiary/aromatic N) is 2. The fourth-order valence-electron chi connectivity index (χ4n) is 1.08. The summed E-state index contributed by atoms with van der Waals surface area (Å²) in [6.07, 6.45) is 0. The maximum absolute atomic E-state index is 5.64. The molecule has 0 aromatic carbocycles. The summed E-state index contributed by atoms with van der Waals surface area (Å²) in [4.78, 5) is 0. The van der Waals surface area contributed by atoms with Crippen LogP contribution < -0.4 is 5.73 Å². The standard InChI is InChI=1S/C9H8ClN3O/c1-5-2-3-8(14-5)7-4-6(11)9(10)13-12-7/h2-4H,1H3,(H2,11,12). The van der Waals surface area contributed by atoms with Crippen LogP contribution in [-0.4, -0.2) is 10.2 Å². The van der Waals surface area contributed by atoms with Gasteiger partial charge in [-0.3, -0.25) is 0 Å². The van der Waals surface area contributed by atoms with Crippen molar-refractivity contribution in [2.24, 2.45) is 0 Å². The molecule has 0 spiro atoms. The van der Waals surface area contributed by atoms with Crippen LogP contribution in [0.5, 0.6) is 0 Å². The average Bonchev–Trinajstić information content (AvgIpc) is 2.57. The highest BCUT2D eigenvalue weighted by Crippen LogP contribution is 2.23. The molecular formula is C9H8ClN3O. The Morgan fingerprint density at radius 3 is 2.71 bits per heavy atom. The van der Waals surface area contributed by atoms with E-state index in [4.69, 9.17) is 21.8 Å². The van der Waals surface area contributed by atoms with Crippen LogP contribution in [0.1, 0.15) is 5.76 Å². The predicted octanol–water partition coefficient (Wildman–Crippen LogP) is 2.28. The van der Waals surface area contributed by atoms with Crippen LogP contribution in [0.25, 0.3) is 11.5 Å². The number of nitrogen functional groups attached to an aromatic ring is 1. The second-order valence-electron chi connectivity index (χ2n) is 2.89. The number of rotatable bonds is 1. The highest BCUT2D eigenvalue weighted by Gasteiger charge is 2.07. The number of nitrogens with two attached hydrogens (primary N) is 1. The summed E-state index contributed by atoms with van der Waals surface area (Å²) < 4.78 is 5.36. The third-order valence-corrected chi connectivity index (χ3v) is 2.06. The maximum Gasteiger partial charge on any atom is 0.174 e. The second-order valence-corrected chi connectivity index (χ2v) is 3.24. The van der Waals surface area contributed by atoms with Crippen molar-refractivity contribution in [3.8, 4) is 11.5 Å². The molecule has 2 N–H and O–H groups in total. The molecule has 72 valence electrons. The summed E-state index contributed by atoms with van der Waals surface area (Å²) in [5.41, 5.74) is 6.57. The third-order valence-electron chi connectivity index (χ3n) is 1.77. The van der Waals surface area contributed by atoms with Crippen LogP contribution in [0.2, 0.25) is 5.15 Å².